The Morgan fingerprint density at radius 2 is 2.00 bits per heavy atom. The molecule has 2 aromatic rings. The van der Waals surface area contributed by atoms with Gasteiger partial charge in [0, 0.05) is 23.1 Å². The molecule has 0 spiro atoms. The first-order chi connectivity index (χ1) is 8.15. The molecule has 0 fully saturated rings. The van der Waals surface area contributed by atoms with Crippen LogP contribution in [0, 0.1) is 0 Å². The largest absolute Gasteiger partial charge is 1.00 e. The number of nitrogens with zero attached hydrogens (tertiary/aromatic N) is 1. The van der Waals surface area contributed by atoms with E-state index in [2.05, 4.69) is 11.7 Å². The van der Waals surface area contributed by atoms with Gasteiger partial charge in [0.2, 0.25) is 0 Å². The molecule has 1 aromatic carbocycles. The lowest BCUT2D eigenvalue weighted by molar-refractivity contribution is -0.00000390. The monoisotopic (exact) mass is 282 g/mol. The minimum atomic E-state index is 0. The average Bonchev–Trinajstić information content (AvgIpc) is 2.76. The van der Waals surface area contributed by atoms with Crippen LogP contribution < -0.4 is 12.4 Å². The molecule has 0 saturated heterocycles. The maximum absolute atomic E-state index is 5.84. The summed E-state index contributed by atoms with van der Waals surface area (Å²) in [6, 6.07) is 9.52. The van der Waals surface area contributed by atoms with Crippen LogP contribution in [0.3, 0.4) is 0 Å². The Morgan fingerprint density at radius 1 is 1.33 bits per heavy atom. The van der Waals surface area contributed by atoms with Crippen molar-refractivity contribution < 1.29 is 16.9 Å². The summed E-state index contributed by atoms with van der Waals surface area (Å²) < 4.78 is 5.28. The smallest absolute Gasteiger partial charge is 0.137 e. The zero-order valence-corrected chi connectivity index (χ0v) is 11.6. The lowest BCUT2D eigenvalue weighted by Gasteiger charge is -1.94. The highest BCUT2D eigenvalue weighted by Crippen LogP contribution is 2.22. The highest BCUT2D eigenvalue weighted by molar-refractivity contribution is 6.30. The summed E-state index contributed by atoms with van der Waals surface area (Å²) >= 11 is 5.84. The van der Waals surface area contributed by atoms with Gasteiger partial charge in [0.25, 0.3) is 0 Å². The van der Waals surface area contributed by atoms with Crippen molar-refractivity contribution in [2.45, 2.75) is 19.8 Å². The van der Waals surface area contributed by atoms with Gasteiger partial charge in [-0.3, -0.25) is 0 Å². The van der Waals surface area contributed by atoms with E-state index in [0.717, 1.165) is 40.5 Å². The van der Waals surface area contributed by atoms with Crippen LogP contribution in [0.4, 0.5) is 0 Å². The number of rotatable bonds is 4. The second-order valence-corrected chi connectivity index (χ2v) is 4.58. The lowest BCUT2D eigenvalue weighted by Crippen LogP contribution is -3.00. The van der Waals surface area contributed by atoms with Gasteiger partial charge in [-0.15, -0.1) is 6.58 Å². The van der Waals surface area contributed by atoms with Crippen molar-refractivity contribution in [1.29, 1.82) is 0 Å². The molecular formula is C14H14Cl2NO-. The van der Waals surface area contributed by atoms with Crippen LogP contribution in [-0.4, -0.2) is 5.16 Å². The van der Waals surface area contributed by atoms with Gasteiger partial charge < -0.3 is 16.9 Å². The third-order valence-corrected chi connectivity index (χ3v) is 2.75. The molecule has 0 unspecified atom stereocenters. The van der Waals surface area contributed by atoms with Crippen molar-refractivity contribution in [1.82, 2.24) is 5.16 Å². The molecule has 0 atom stereocenters. The van der Waals surface area contributed by atoms with Gasteiger partial charge in [-0.1, -0.05) is 34.5 Å². The van der Waals surface area contributed by atoms with E-state index < -0.39 is 0 Å². The summed E-state index contributed by atoms with van der Waals surface area (Å²) in [5.74, 6) is 0.887. The number of aryl methyl sites for hydroxylation is 1. The molecule has 4 heteroatoms. The van der Waals surface area contributed by atoms with E-state index in [1.807, 2.05) is 37.3 Å². The van der Waals surface area contributed by atoms with E-state index in [4.69, 9.17) is 16.1 Å². The summed E-state index contributed by atoms with van der Waals surface area (Å²) in [6.45, 7) is 5.88. The van der Waals surface area contributed by atoms with E-state index in [0.29, 0.717) is 0 Å². The molecule has 0 aliphatic heterocycles. The molecule has 0 aliphatic carbocycles. The number of hydrogen-bond acceptors (Lipinski definition) is 2. The molecule has 0 saturated carbocycles. The van der Waals surface area contributed by atoms with Crippen LogP contribution in [0.1, 0.15) is 19.1 Å². The molecule has 18 heavy (non-hydrogen) atoms. The third kappa shape index (κ3) is 3.90. The maximum atomic E-state index is 5.84. The zero-order chi connectivity index (χ0) is 12.3. The van der Waals surface area contributed by atoms with Crippen LogP contribution in [-0.2, 0) is 6.42 Å². The Morgan fingerprint density at radius 3 is 2.61 bits per heavy atom. The van der Waals surface area contributed by atoms with Crippen molar-refractivity contribution in [2.24, 2.45) is 0 Å². The molecule has 1 heterocycles. The van der Waals surface area contributed by atoms with Gasteiger partial charge in [0.15, 0.2) is 0 Å². The first-order valence-electron chi connectivity index (χ1n) is 5.51. The van der Waals surface area contributed by atoms with Gasteiger partial charge in [-0.25, -0.2) is 0 Å². The molecule has 0 N–H and O–H groups in total. The van der Waals surface area contributed by atoms with Gasteiger partial charge in [-0.2, -0.15) is 0 Å². The number of halogens is 2. The number of benzene rings is 1. The fourth-order valence-corrected chi connectivity index (χ4v) is 1.65. The Balaban J connectivity index is 0.00000162. The van der Waals surface area contributed by atoms with E-state index in [-0.39, 0.29) is 12.4 Å². The summed E-state index contributed by atoms with van der Waals surface area (Å²) in [6.07, 6.45) is 1.77. The molecule has 2 rings (SSSR count). The first-order valence-corrected chi connectivity index (χ1v) is 5.89. The Bertz CT molecular complexity index is 517. The fraction of sp³-hybridized carbons (Fsp3) is 0.214. The van der Waals surface area contributed by atoms with Crippen LogP contribution in [0.5, 0.6) is 0 Å². The molecular weight excluding hydrogens is 269 g/mol. The minimum Gasteiger partial charge on any atom is -1.00 e. The number of allylic oxidation sites excluding steroid dienone is 1. The van der Waals surface area contributed by atoms with Gasteiger partial charge in [0.05, 0.1) is 0 Å². The molecule has 96 valence electrons. The van der Waals surface area contributed by atoms with E-state index >= 15 is 0 Å². The van der Waals surface area contributed by atoms with Crippen molar-refractivity contribution in [3.8, 4) is 11.3 Å². The fourth-order valence-electron chi connectivity index (χ4n) is 1.52. The molecule has 0 radical (unpaired) electrons. The number of aromatic nitrogens is 1. The first kappa shape index (κ1) is 14.8. The van der Waals surface area contributed by atoms with Crippen molar-refractivity contribution >= 4 is 11.6 Å². The van der Waals surface area contributed by atoms with Crippen molar-refractivity contribution in [3.63, 3.8) is 0 Å². The molecule has 0 aliphatic rings. The van der Waals surface area contributed by atoms with Crippen LogP contribution in [0.15, 0.2) is 47.0 Å². The van der Waals surface area contributed by atoms with Crippen LogP contribution in [0.25, 0.3) is 11.3 Å². The maximum Gasteiger partial charge on any atom is 0.137 e. The average molecular weight is 283 g/mol. The topological polar surface area (TPSA) is 26.0 Å². The summed E-state index contributed by atoms with van der Waals surface area (Å²) in [5, 5.41) is 4.77. The van der Waals surface area contributed by atoms with Gasteiger partial charge in [0.1, 0.15) is 11.5 Å². The van der Waals surface area contributed by atoms with Crippen molar-refractivity contribution in [2.75, 3.05) is 0 Å². The Kier molecular flexibility index (Phi) is 5.45. The highest BCUT2D eigenvalue weighted by atomic mass is 35.5. The van der Waals surface area contributed by atoms with Crippen LogP contribution in [0.2, 0.25) is 5.02 Å². The van der Waals surface area contributed by atoms with Crippen LogP contribution >= 0.6 is 11.6 Å². The Labute approximate surface area is 118 Å². The summed E-state index contributed by atoms with van der Waals surface area (Å²) in [5.41, 5.74) is 3.01. The highest BCUT2D eigenvalue weighted by Gasteiger charge is 2.06. The van der Waals surface area contributed by atoms with E-state index in [1.165, 1.54) is 0 Å². The molecule has 0 bridgehead atoms. The second-order valence-electron chi connectivity index (χ2n) is 4.14. The van der Waals surface area contributed by atoms with Gasteiger partial charge in [-0.05, 0) is 25.5 Å². The second kappa shape index (κ2) is 6.62. The quantitative estimate of drug-likeness (QED) is 0.795. The zero-order valence-electron chi connectivity index (χ0n) is 10.1. The van der Waals surface area contributed by atoms with E-state index in [9.17, 15) is 0 Å². The summed E-state index contributed by atoms with van der Waals surface area (Å²) in [7, 11) is 0. The van der Waals surface area contributed by atoms with E-state index in [1.54, 1.807) is 0 Å². The van der Waals surface area contributed by atoms with Gasteiger partial charge >= 0.3 is 0 Å². The summed E-state index contributed by atoms with van der Waals surface area (Å²) in [4.78, 5) is 0. The van der Waals surface area contributed by atoms with Crippen molar-refractivity contribution in [3.05, 3.63) is 53.3 Å². The normalized spacial score (nSPS) is 9.89. The minimum absolute atomic E-state index is 0. The third-order valence-electron chi connectivity index (χ3n) is 2.50. The lowest BCUT2D eigenvalue weighted by atomic mass is 10.1. The predicted molar refractivity (Wildman–Crippen MR) is 70.1 cm³/mol. The molecule has 1 aromatic heterocycles. The molecule has 2 nitrogen and oxygen atoms in total. The number of hydrogen-bond donors (Lipinski definition) is 0. The predicted octanol–water partition coefficient (Wildman–Crippen LogP) is 1.51. The Hall–Kier alpha value is -1.25. The molecule has 0 amide bonds. The standard InChI is InChI=1S/C14H14ClNO.ClH/c1-10(2)3-8-13-9-14(16-17-13)11-4-6-12(15)7-5-11;/h4-7,9H,1,3,8H2,2H3;1H/p-1. The SMILES string of the molecule is C=C(C)CCc1cc(-c2ccc(Cl)cc2)no1.[Cl-].